The van der Waals surface area contributed by atoms with E-state index >= 15 is 0 Å². The van der Waals surface area contributed by atoms with E-state index in [1.54, 1.807) is 0 Å². The van der Waals surface area contributed by atoms with Gasteiger partial charge in [-0.05, 0) is 0 Å². The van der Waals surface area contributed by atoms with Gasteiger partial charge in [0.2, 0.25) is 0 Å². The molecule has 0 fully saturated rings. The summed E-state index contributed by atoms with van der Waals surface area (Å²) in [6, 6.07) is 74.4. The van der Waals surface area contributed by atoms with Crippen molar-refractivity contribution in [2.24, 2.45) is 0 Å². The van der Waals surface area contributed by atoms with Gasteiger partial charge in [0.25, 0.3) is 0 Å². The number of anilines is 3. The second kappa shape index (κ2) is 11.6. The van der Waals surface area contributed by atoms with Crippen LogP contribution in [0.15, 0.2) is 200 Å². The molecule has 10 rings (SSSR count). The zero-order chi connectivity index (χ0) is 33.1. The van der Waals surface area contributed by atoms with Crippen LogP contribution in [0.3, 0.4) is 0 Å². The molecular weight excluding hydrogens is 663 g/mol. The molecule has 0 unspecified atom stereocenters. The van der Waals surface area contributed by atoms with Crippen LogP contribution in [0.2, 0.25) is 0 Å². The summed E-state index contributed by atoms with van der Waals surface area (Å²) in [6.45, 7) is 0. The van der Waals surface area contributed by atoms with Crippen LogP contribution in [-0.4, -0.2) is 13.3 Å². The topological polar surface area (TPSA) is 3.24 Å². The predicted octanol–water partition coefficient (Wildman–Crippen LogP) is 9.83. The maximum atomic E-state index is 2.57. The molecule has 0 amide bonds. The van der Waals surface area contributed by atoms with E-state index in [1.165, 1.54) is 67.8 Å². The first-order chi connectivity index (χ1) is 24.8. The van der Waals surface area contributed by atoms with Gasteiger partial charge in [0.1, 0.15) is 0 Å². The third kappa shape index (κ3) is 4.20. The van der Waals surface area contributed by atoms with Crippen LogP contribution in [0.4, 0.5) is 17.1 Å². The van der Waals surface area contributed by atoms with Crippen LogP contribution >= 0.6 is 0 Å². The van der Waals surface area contributed by atoms with Gasteiger partial charge >= 0.3 is 298 Å². The summed E-state index contributed by atoms with van der Waals surface area (Å²) in [5, 5.41) is 0. The van der Waals surface area contributed by atoms with Crippen molar-refractivity contribution in [1.82, 2.24) is 0 Å². The van der Waals surface area contributed by atoms with E-state index in [-0.39, 0.29) is 0 Å². The predicted molar refractivity (Wildman–Crippen MR) is 214 cm³/mol. The molecule has 0 atom stereocenters. The van der Waals surface area contributed by atoms with Gasteiger partial charge in [-0.3, -0.25) is 0 Å². The van der Waals surface area contributed by atoms with Crippen LogP contribution in [0, 0.1) is 0 Å². The molecule has 8 aromatic carbocycles. The molecule has 2 heterocycles. The third-order valence-electron chi connectivity index (χ3n) is 10.7. The molecule has 50 heavy (non-hydrogen) atoms. The molecule has 0 saturated carbocycles. The monoisotopic (exact) mass is 697 g/mol. The van der Waals surface area contributed by atoms with E-state index in [9.17, 15) is 0 Å². The summed E-state index contributed by atoms with van der Waals surface area (Å²) in [5.74, 6) is 0. The Hall–Kier alpha value is -5.90. The Labute approximate surface area is 296 Å². The van der Waals surface area contributed by atoms with E-state index in [1.807, 2.05) is 0 Å². The molecule has 2 aliphatic rings. The Morgan fingerprint density at radius 1 is 0.280 bits per heavy atom. The van der Waals surface area contributed by atoms with E-state index in [0.717, 1.165) is 11.4 Å². The molecule has 0 aromatic heterocycles. The van der Waals surface area contributed by atoms with Gasteiger partial charge in [-0.15, -0.1) is 0 Å². The number of rotatable bonds is 5. The summed E-state index contributed by atoms with van der Waals surface area (Å²) >= 11 is -3.38. The average Bonchev–Trinajstić information content (AvgIpc) is 3.66. The quantitative estimate of drug-likeness (QED) is 0.162. The van der Waals surface area contributed by atoms with Crippen molar-refractivity contribution in [2.45, 2.75) is 0 Å². The first-order valence-corrected chi connectivity index (χ1v) is 21.6. The Balaban J connectivity index is 1.29. The molecule has 0 radical (unpaired) electrons. The van der Waals surface area contributed by atoms with E-state index in [0.29, 0.717) is 0 Å². The van der Waals surface area contributed by atoms with Crippen molar-refractivity contribution in [3.63, 3.8) is 0 Å². The van der Waals surface area contributed by atoms with E-state index in [2.05, 4.69) is 205 Å². The van der Waals surface area contributed by atoms with Crippen LogP contribution in [0.5, 0.6) is 0 Å². The van der Waals surface area contributed by atoms with Gasteiger partial charge in [-0.25, -0.2) is 0 Å². The van der Waals surface area contributed by atoms with Gasteiger partial charge < -0.3 is 0 Å². The first-order valence-electron chi connectivity index (χ1n) is 17.4. The van der Waals surface area contributed by atoms with Crippen molar-refractivity contribution < 1.29 is 0 Å². The molecule has 2 heteroatoms. The van der Waals surface area contributed by atoms with Crippen molar-refractivity contribution >= 4 is 47.9 Å². The number of hydrogen-bond acceptors (Lipinski definition) is 1. The van der Waals surface area contributed by atoms with Crippen molar-refractivity contribution in [3.05, 3.63) is 200 Å². The molecule has 234 valence electrons. The molecule has 0 saturated heterocycles. The molecule has 1 nitrogen and oxygen atoms in total. The fourth-order valence-corrected chi connectivity index (χ4v) is 20.5. The molecule has 0 aliphatic carbocycles. The minimum atomic E-state index is -3.38. The Kier molecular flexibility index (Phi) is 6.75. The Bertz CT molecular complexity index is 2410. The van der Waals surface area contributed by atoms with Crippen LogP contribution in [0.25, 0.3) is 44.5 Å². The Morgan fingerprint density at radius 2 is 0.640 bits per heavy atom. The number of nitrogens with zero attached hydrogens (tertiary/aromatic N) is 1. The number of fused-ring (bicyclic) bond motifs is 10. The van der Waals surface area contributed by atoms with Gasteiger partial charge in [0.05, 0.1) is 0 Å². The average molecular weight is 696 g/mol. The summed E-state index contributed by atoms with van der Waals surface area (Å²) in [6.07, 6.45) is 0. The summed E-state index contributed by atoms with van der Waals surface area (Å²) < 4.78 is 6.13. The summed E-state index contributed by atoms with van der Waals surface area (Å²) in [7, 11) is 0. The fourth-order valence-electron chi connectivity index (χ4n) is 8.69. The minimum absolute atomic E-state index is 1.16. The van der Waals surface area contributed by atoms with Crippen molar-refractivity contribution in [1.29, 1.82) is 0 Å². The second-order valence-corrected chi connectivity index (χ2v) is 20.9. The number of para-hydroxylation sites is 2. The molecule has 2 aliphatic heterocycles. The zero-order valence-corrected chi connectivity index (χ0v) is 29.6. The number of hydrogen-bond donors (Lipinski definition) is 0. The summed E-state index contributed by atoms with van der Waals surface area (Å²) in [4.78, 5) is 2.51. The Morgan fingerprint density at radius 3 is 1.10 bits per heavy atom. The molecule has 0 bridgehead atoms. The molecule has 0 N–H and O–H groups in total. The maximum absolute atomic E-state index is 3.38. The van der Waals surface area contributed by atoms with Crippen LogP contribution in [0.1, 0.15) is 0 Å². The normalized spacial score (nSPS) is 13.0. The van der Waals surface area contributed by atoms with Gasteiger partial charge in [-0.1, -0.05) is 0 Å². The van der Waals surface area contributed by atoms with Crippen LogP contribution in [-0.2, 0) is 0 Å². The van der Waals surface area contributed by atoms with Crippen molar-refractivity contribution in [3.8, 4) is 44.5 Å². The van der Waals surface area contributed by atoms with Gasteiger partial charge in [0.15, 0.2) is 0 Å². The van der Waals surface area contributed by atoms with E-state index in [4.69, 9.17) is 0 Å². The standard InChI is InChI=1S/C48H33GeN/c1-3-17-34(18-4-1)37-21-10-15-29-47(37)50(48-30-16-11-22-38(48)35-19-5-2-6-20-35)36-31-32-42-41-25-9-14-28-45(41)49(46(42)33-36)43-26-12-7-23-39(43)40-24-8-13-27-44(40)49/h1-33H. The van der Waals surface area contributed by atoms with Crippen LogP contribution < -0.4 is 22.5 Å². The number of benzene rings is 8. The second-order valence-electron chi connectivity index (χ2n) is 13.2. The zero-order valence-electron chi connectivity index (χ0n) is 27.5. The van der Waals surface area contributed by atoms with Gasteiger partial charge in [0, 0.05) is 0 Å². The molecular formula is C48H33GeN. The van der Waals surface area contributed by atoms with Gasteiger partial charge in [-0.2, -0.15) is 0 Å². The first kappa shape index (κ1) is 29.1. The SMILES string of the molecule is c1ccc(-c2ccccc2N(c2ccc3[c](c2)[Ge]2([c]4ccccc4-c4cccc[c]42)[c]2ccccc2-3)c2ccccc2-c2ccccc2)cc1. The summed E-state index contributed by atoms with van der Waals surface area (Å²) in [5.41, 5.74) is 13.9. The third-order valence-corrected chi connectivity index (χ3v) is 21.1. The van der Waals surface area contributed by atoms with E-state index < -0.39 is 13.3 Å². The van der Waals surface area contributed by atoms with Crippen molar-refractivity contribution in [2.75, 3.05) is 4.90 Å². The molecule has 1 spiro atoms. The molecule has 8 aromatic rings. The fraction of sp³-hybridized carbons (Fsp3) is 0.